The minimum Gasteiger partial charge on any atom is -0.326 e. The Balaban J connectivity index is 1.57. The number of carbonyl (C=O) groups excluding carboxylic acids is 3. The van der Waals surface area contributed by atoms with Crippen molar-refractivity contribution in [3.8, 4) is 0 Å². The van der Waals surface area contributed by atoms with Crippen molar-refractivity contribution in [2.45, 2.75) is 32.6 Å². The fourth-order valence-electron chi connectivity index (χ4n) is 3.16. The number of ketones is 1. The lowest BCUT2D eigenvalue weighted by atomic mass is 10.1. The lowest BCUT2D eigenvalue weighted by molar-refractivity contribution is -0.117. The van der Waals surface area contributed by atoms with Crippen LogP contribution < -0.4 is 10.2 Å². The molecule has 1 heterocycles. The first-order valence-corrected chi connectivity index (χ1v) is 8.84. The van der Waals surface area contributed by atoms with Crippen LogP contribution in [0.1, 0.15) is 41.6 Å². The van der Waals surface area contributed by atoms with Crippen LogP contribution in [0.3, 0.4) is 0 Å². The SMILES string of the molecule is Cc1cc(NC(=O)CCC(=O)c2ccccc2)ccc1N1CCCC1=O. The molecule has 0 radical (unpaired) electrons. The number of amides is 2. The van der Waals surface area contributed by atoms with Gasteiger partial charge in [-0.25, -0.2) is 0 Å². The minimum atomic E-state index is -0.196. The van der Waals surface area contributed by atoms with E-state index >= 15 is 0 Å². The third kappa shape index (κ3) is 4.17. The molecule has 0 atom stereocenters. The molecule has 2 aromatic rings. The number of aryl methyl sites for hydroxylation is 1. The standard InChI is InChI=1S/C21H22N2O3/c1-15-14-17(9-10-18(15)23-13-5-8-21(23)26)22-20(25)12-11-19(24)16-6-3-2-4-7-16/h2-4,6-7,9-10,14H,5,8,11-13H2,1H3,(H,22,25). The fraction of sp³-hybridized carbons (Fsp3) is 0.286. The van der Waals surface area contributed by atoms with E-state index in [4.69, 9.17) is 0 Å². The number of benzene rings is 2. The van der Waals surface area contributed by atoms with E-state index in [0.29, 0.717) is 17.7 Å². The molecule has 1 fully saturated rings. The number of anilines is 2. The number of hydrogen-bond acceptors (Lipinski definition) is 3. The number of rotatable bonds is 6. The Morgan fingerprint density at radius 2 is 1.85 bits per heavy atom. The molecule has 0 bridgehead atoms. The Kier molecular flexibility index (Phi) is 5.46. The van der Waals surface area contributed by atoms with Gasteiger partial charge in [0, 0.05) is 42.7 Å². The van der Waals surface area contributed by atoms with Gasteiger partial charge in [-0.15, -0.1) is 0 Å². The van der Waals surface area contributed by atoms with Crippen LogP contribution in [-0.4, -0.2) is 24.1 Å². The van der Waals surface area contributed by atoms with Gasteiger partial charge in [0.25, 0.3) is 0 Å². The predicted molar refractivity (Wildman–Crippen MR) is 101 cm³/mol. The van der Waals surface area contributed by atoms with E-state index in [-0.39, 0.29) is 30.4 Å². The maximum Gasteiger partial charge on any atom is 0.227 e. The van der Waals surface area contributed by atoms with Crippen LogP contribution >= 0.6 is 0 Å². The number of nitrogens with one attached hydrogen (secondary N) is 1. The predicted octanol–water partition coefficient (Wildman–Crippen LogP) is 3.72. The average Bonchev–Trinajstić information content (AvgIpc) is 3.06. The summed E-state index contributed by atoms with van der Waals surface area (Å²) in [5.74, 6) is -0.0946. The number of Topliss-reactive ketones (excluding diaryl/α,β-unsaturated/α-hetero) is 1. The largest absolute Gasteiger partial charge is 0.326 e. The molecular formula is C21H22N2O3. The van der Waals surface area contributed by atoms with Gasteiger partial charge >= 0.3 is 0 Å². The fourth-order valence-corrected chi connectivity index (χ4v) is 3.16. The Bertz CT molecular complexity index is 830. The maximum atomic E-state index is 12.1. The highest BCUT2D eigenvalue weighted by molar-refractivity contribution is 6.00. The molecule has 134 valence electrons. The Morgan fingerprint density at radius 1 is 1.08 bits per heavy atom. The molecule has 0 aliphatic carbocycles. The first-order valence-electron chi connectivity index (χ1n) is 8.84. The quantitative estimate of drug-likeness (QED) is 0.808. The summed E-state index contributed by atoms with van der Waals surface area (Å²) >= 11 is 0. The summed E-state index contributed by atoms with van der Waals surface area (Å²) in [7, 11) is 0. The van der Waals surface area contributed by atoms with E-state index in [1.54, 1.807) is 23.1 Å². The van der Waals surface area contributed by atoms with Gasteiger partial charge in [-0.3, -0.25) is 14.4 Å². The number of nitrogens with zero attached hydrogens (tertiary/aromatic N) is 1. The van der Waals surface area contributed by atoms with Gasteiger partial charge in [0.2, 0.25) is 11.8 Å². The topological polar surface area (TPSA) is 66.5 Å². The molecule has 1 aliphatic heterocycles. The Labute approximate surface area is 153 Å². The summed E-state index contributed by atoms with van der Waals surface area (Å²) < 4.78 is 0. The van der Waals surface area contributed by atoms with Crippen molar-refractivity contribution in [3.05, 3.63) is 59.7 Å². The molecule has 3 rings (SSSR count). The van der Waals surface area contributed by atoms with Gasteiger partial charge in [-0.05, 0) is 37.1 Å². The highest BCUT2D eigenvalue weighted by atomic mass is 16.2. The van der Waals surface area contributed by atoms with Gasteiger partial charge in [0.1, 0.15) is 0 Å². The number of carbonyl (C=O) groups is 3. The van der Waals surface area contributed by atoms with Crippen LogP contribution in [0.15, 0.2) is 48.5 Å². The van der Waals surface area contributed by atoms with E-state index in [0.717, 1.165) is 24.2 Å². The lowest BCUT2D eigenvalue weighted by Crippen LogP contribution is -2.24. The second-order valence-electron chi connectivity index (χ2n) is 6.49. The van der Waals surface area contributed by atoms with Crippen molar-refractivity contribution < 1.29 is 14.4 Å². The summed E-state index contributed by atoms with van der Waals surface area (Å²) in [5.41, 5.74) is 3.13. The second kappa shape index (κ2) is 7.95. The minimum absolute atomic E-state index is 0.0418. The van der Waals surface area contributed by atoms with Crippen molar-refractivity contribution in [3.63, 3.8) is 0 Å². The average molecular weight is 350 g/mol. The zero-order valence-electron chi connectivity index (χ0n) is 14.8. The van der Waals surface area contributed by atoms with Gasteiger partial charge in [0.05, 0.1) is 0 Å². The van der Waals surface area contributed by atoms with Crippen LogP contribution in [0.5, 0.6) is 0 Å². The van der Waals surface area contributed by atoms with E-state index in [1.165, 1.54) is 0 Å². The van der Waals surface area contributed by atoms with Crippen molar-refractivity contribution in [2.75, 3.05) is 16.8 Å². The molecule has 1 saturated heterocycles. The van der Waals surface area contributed by atoms with E-state index in [2.05, 4.69) is 5.32 Å². The normalized spacial score (nSPS) is 13.7. The summed E-state index contributed by atoms with van der Waals surface area (Å²) in [5, 5.41) is 2.82. The molecule has 1 aliphatic rings. The first kappa shape index (κ1) is 17.9. The van der Waals surface area contributed by atoms with Crippen molar-refractivity contribution >= 4 is 29.0 Å². The molecule has 5 nitrogen and oxygen atoms in total. The van der Waals surface area contributed by atoms with E-state index in [9.17, 15) is 14.4 Å². The van der Waals surface area contributed by atoms with E-state index < -0.39 is 0 Å². The van der Waals surface area contributed by atoms with Crippen LogP contribution in [0, 0.1) is 6.92 Å². The summed E-state index contributed by atoms with van der Waals surface area (Å²) in [6.07, 6.45) is 1.79. The first-order chi connectivity index (χ1) is 12.5. The maximum absolute atomic E-state index is 12.1. The van der Waals surface area contributed by atoms with Crippen molar-refractivity contribution in [1.29, 1.82) is 0 Å². The second-order valence-corrected chi connectivity index (χ2v) is 6.49. The van der Waals surface area contributed by atoms with Crippen LogP contribution in [0.4, 0.5) is 11.4 Å². The highest BCUT2D eigenvalue weighted by Gasteiger charge is 2.23. The smallest absolute Gasteiger partial charge is 0.227 e. The molecule has 0 unspecified atom stereocenters. The van der Waals surface area contributed by atoms with Gasteiger partial charge < -0.3 is 10.2 Å². The van der Waals surface area contributed by atoms with E-state index in [1.807, 2.05) is 37.3 Å². The summed E-state index contributed by atoms with van der Waals surface area (Å²) in [4.78, 5) is 37.9. The monoisotopic (exact) mass is 350 g/mol. The molecule has 0 spiro atoms. The van der Waals surface area contributed by atoms with Crippen molar-refractivity contribution in [1.82, 2.24) is 0 Å². The molecule has 0 aromatic heterocycles. The van der Waals surface area contributed by atoms with Gasteiger partial charge in [-0.1, -0.05) is 30.3 Å². The third-order valence-corrected chi connectivity index (χ3v) is 4.52. The Morgan fingerprint density at radius 3 is 2.50 bits per heavy atom. The number of hydrogen-bond donors (Lipinski definition) is 1. The molecule has 2 amide bonds. The summed E-state index contributed by atoms with van der Waals surface area (Å²) in [6.45, 7) is 2.67. The Hall–Kier alpha value is -2.95. The van der Waals surface area contributed by atoms with Gasteiger partial charge in [-0.2, -0.15) is 0 Å². The molecule has 5 heteroatoms. The third-order valence-electron chi connectivity index (χ3n) is 4.52. The van der Waals surface area contributed by atoms with Crippen LogP contribution in [0.25, 0.3) is 0 Å². The molecule has 0 saturated carbocycles. The lowest BCUT2D eigenvalue weighted by Gasteiger charge is -2.19. The highest BCUT2D eigenvalue weighted by Crippen LogP contribution is 2.27. The van der Waals surface area contributed by atoms with Crippen LogP contribution in [0.2, 0.25) is 0 Å². The van der Waals surface area contributed by atoms with Gasteiger partial charge in [0.15, 0.2) is 5.78 Å². The molecular weight excluding hydrogens is 328 g/mol. The zero-order chi connectivity index (χ0) is 18.5. The van der Waals surface area contributed by atoms with Crippen LogP contribution in [-0.2, 0) is 9.59 Å². The van der Waals surface area contributed by atoms with Crippen molar-refractivity contribution in [2.24, 2.45) is 0 Å². The molecule has 1 N–H and O–H groups in total. The molecule has 26 heavy (non-hydrogen) atoms. The summed E-state index contributed by atoms with van der Waals surface area (Å²) in [6, 6.07) is 14.5. The molecule has 2 aromatic carbocycles. The zero-order valence-corrected chi connectivity index (χ0v) is 14.8.